The van der Waals surface area contributed by atoms with E-state index in [9.17, 15) is 9.59 Å². The molecule has 0 spiro atoms. The van der Waals surface area contributed by atoms with Crippen molar-refractivity contribution in [2.45, 2.75) is 71.7 Å². The number of carbonyl (C=O) groups excluding carboxylic acids is 2. The molecule has 4 nitrogen and oxygen atoms in total. The first-order chi connectivity index (χ1) is 13.0. The number of rotatable bonds is 6. The van der Waals surface area contributed by atoms with Crippen LogP contribution in [0.4, 0.5) is 0 Å². The second-order valence-electron chi connectivity index (χ2n) is 9.61. The van der Waals surface area contributed by atoms with Crippen molar-refractivity contribution in [1.82, 2.24) is 10.2 Å². The van der Waals surface area contributed by atoms with Crippen molar-refractivity contribution in [2.24, 2.45) is 11.8 Å². The maximum atomic E-state index is 13.4. The smallest absolute Gasteiger partial charge is 0.255 e. The lowest BCUT2D eigenvalue weighted by molar-refractivity contribution is -0.125. The van der Waals surface area contributed by atoms with Gasteiger partial charge in [-0.1, -0.05) is 60.6 Å². The van der Waals surface area contributed by atoms with Crippen LogP contribution in [-0.4, -0.2) is 40.4 Å². The van der Waals surface area contributed by atoms with Gasteiger partial charge in [-0.3, -0.25) is 9.59 Å². The second-order valence-corrected chi connectivity index (χ2v) is 10.8. The molecule has 156 valence electrons. The zero-order valence-electron chi connectivity index (χ0n) is 18.4. The molecular formula is C23H36N2O2S. The summed E-state index contributed by atoms with van der Waals surface area (Å²) in [6.45, 7) is 15.6. The van der Waals surface area contributed by atoms with Gasteiger partial charge in [-0.25, -0.2) is 0 Å². The van der Waals surface area contributed by atoms with Gasteiger partial charge in [0.2, 0.25) is 5.91 Å². The lowest BCUT2D eigenvalue weighted by Gasteiger charge is -2.30. The highest BCUT2D eigenvalue weighted by Crippen LogP contribution is 2.35. The first kappa shape index (κ1) is 22.8. The summed E-state index contributed by atoms with van der Waals surface area (Å²) in [6, 6.07) is 7.47. The first-order valence-corrected chi connectivity index (χ1v) is 11.4. The Morgan fingerprint density at radius 2 is 1.71 bits per heavy atom. The Bertz CT molecular complexity index is 677. The number of nitrogens with zero attached hydrogens (tertiary/aromatic N) is 1. The number of hydrogen-bond donors (Lipinski definition) is 1. The molecule has 1 heterocycles. The quantitative estimate of drug-likeness (QED) is 0.748. The zero-order chi connectivity index (χ0) is 21.1. The Labute approximate surface area is 174 Å². The van der Waals surface area contributed by atoms with E-state index in [-0.39, 0.29) is 22.6 Å². The molecule has 2 amide bonds. The lowest BCUT2D eigenvalue weighted by atomic mass is 9.86. The number of nitrogens with one attached hydrogen (secondary N) is 1. The second kappa shape index (κ2) is 9.34. The molecule has 0 bridgehead atoms. The number of carbonyl (C=O) groups is 2. The first-order valence-electron chi connectivity index (χ1n) is 10.3. The topological polar surface area (TPSA) is 49.4 Å². The lowest BCUT2D eigenvalue weighted by Crippen LogP contribution is -2.50. The van der Waals surface area contributed by atoms with Gasteiger partial charge in [0.1, 0.15) is 6.04 Å². The minimum Gasteiger partial charge on any atom is -0.354 e. The average molecular weight is 405 g/mol. The van der Waals surface area contributed by atoms with Gasteiger partial charge in [-0.2, -0.15) is 0 Å². The maximum Gasteiger partial charge on any atom is 0.255 e. The molecule has 0 radical (unpaired) electrons. The molecule has 28 heavy (non-hydrogen) atoms. The van der Waals surface area contributed by atoms with Crippen LogP contribution >= 0.6 is 11.8 Å². The van der Waals surface area contributed by atoms with E-state index in [0.29, 0.717) is 29.7 Å². The minimum atomic E-state index is -0.401. The van der Waals surface area contributed by atoms with Crippen LogP contribution < -0.4 is 5.32 Å². The summed E-state index contributed by atoms with van der Waals surface area (Å²) < 4.78 is 0. The van der Waals surface area contributed by atoms with Crippen molar-refractivity contribution in [3.8, 4) is 0 Å². The molecule has 1 fully saturated rings. The number of amides is 2. The summed E-state index contributed by atoms with van der Waals surface area (Å²) in [5.41, 5.74) is 1.90. The fraction of sp³-hybridized carbons (Fsp3) is 0.652. The molecule has 1 aromatic rings. The van der Waals surface area contributed by atoms with E-state index in [1.54, 1.807) is 11.8 Å². The third kappa shape index (κ3) is 5.76. The van der Waals surface area contributed by atoms with Crippen molar-refractivity contribution in [2.75, 3.05) is 12.3 Å². The predicted octanol–water partition coefficient (Wildman–Crippen LogP) is 4.69. The highest BCUT2D eigenvalue weighted by molar-refractivity contribution is 8.00. The molecule has 1 aliphatic heterocycles. The largest absolute Gasteiger partial charge is 0.354 e. The highest BCUT2D eigenvalue weighted by Gasteiger charge is 2.41. The van der Waals surface area contributed by atoms with Gasteiger partial charge >= 0.3 is 0 Å². The van der Waals surface area contributed by atoms with Gasteiger partial charge < -0.3 is 10.2 Å². The molecule has 1 saturated heterocycles. The van der Waals surface area contributed by atoms with Crippen molar-refractivity contribution in [1.29, 1.82) is 0 Å². The van der Waals surface area contributed by atoms with Gasteiger partial charge in [-0.05, 0) is 41.4 Å². The van der Waals surface area contributed by atoms with Crippen LogP contribution in [0.1, 0.15) is 70.8 Å². The summed E-state index contributed by atoms with van der Waals surface area (Å²) in [5, 5.41) is 3.06. The molecule has 0 saturated carbocycles. The summed E-state index contributed by atoms with van der Waals surface area (Å²) in [4.78, 5) is 28.0. The van der Waals surface area contributed by atoms with Crippen LogP contribution in [0.15, 0.2) is 24.3 Å². The number of thioether (sulfide) groups is 1. The molecule has 1 aromatic carbocycles. The van der Waals surface area contributed by atoms with Gasteiger partial charge in [0, 0.05) is 17.9 Å². The molecule has 1 N–H and O–H groups in total. The molecule has 2 rings (SSSR count). The Balaban J connectivity index is 2.25. The summed E-state index contributed by atoms with van der Waals surface area (Å²) in [5.74, 6) is 1.44. The minimum absolute atomic E-state index is 0.0351. The van der Waals surface area contributed by atoms with Crippen LogP contribution in [0.3, 0.4) is 0 Å². The Morgan fingerprint density at radius 3 is 2.21 bits per heavy atom. The van der Waals surface area contributed by atoms with E-state index in [1.165, 1.54) is 5.56 Å². The molecule has 2 unspecified atom stereocenters. The van der Waals surface area contributed by atoms with E-state index < -0.39 is 6.04 Å². The van der Waals surface area contributed by atoms with Crippen molar-refractivity contribution >= 4 is 23.6 Å². The van der Waals surface area contributed by atoms with E-state index in [4.69, 9.17) is 0 Å². The number of hydrogen-bond acceptors (Lipinski definition) is 3. The molecule has 1 aliphatic rings. The fourth-order valence-electron chi connectivity index (χ4n) is 3.31. The van der Waals surface area contributed by atoms with Crippen LogP contribution in [0.5, 0.6) is 0 Å². The normalized spacial score (nSPS) is 20.1. The average Bonchev–Trinajstić information content (AvgIpc) is 3.01. The molecule has 2 atom stereocenters. The van der Waals surface area contributed by atoms with Crippen molar-refractivity contribution in [3.63, 3.8) is 0 Å². The summed E-state index contributed by atoms with van der Waals surface area (Å²) >= 11 is 1.72. The SMILES string of the molecule is CC(C)CNC(=O)C1CSC(CC(C)C)N1C(=O)c1ccc(C(C)(C)C)cc1. The van der Waals surface area contributed by atoms with Crippen LogP contribution in [0.25, 0.3) is 0 Å². The maximum absolute atomic E-state index is 13.4. The summed E-state index contributed by atoms with van der Waals surface area (Å²) in [7, 11) is 0. The van der Waals surface area contributed by atoms with Gasteiger partial charge in [0.05, 0.1) is 5.37 Å². The molecule has 0 aromatic heterocycles. The van der Waals surface area contributed by atoms with Crippen LogP contribution in [0, 0.1) is 11.8 Å². The van der Waals surface area contributed by atoms with E-state index in [2.05, 4.69) is 53.8 Å². The van der Waals surface area contributed by atoms with E-state index in [1.807, 2.05) is 29.2 Å². The van der Waals surface area contributed by atoms with Crippen LogP contribution in [0.2, 0.25) is 0 Å². The Kier molecular flexibility index (Phi) is 7.60. The predicted molar refractivity (Wildman–Crippen MR) is 119 cm³/mol. The third-order valence-electron chi connectivity index (χ3n) is 4.99. The molecular weight excluding hydrogens is 368 g/mol. The van der Waals surface area contributed by atoms with Crippen molar-refractivity contribution < 1.29 is 9.59 Å². The van der Waals surface area contributed by atoms with Gasteiger partial charge in [0.25, 0.3) is 5.91 Å². The van der Waals surface area contributed by atoms with Gasteiger partial charge in [0.15, 0.2) is 0 Å². The van der Waals surface area contributed by atoms with E-state index >= 15 is 0 Å². The molecule has 5 heteroatoms. The van der Waals surface area contributed by atoms with Crippen molar-refractivity contribution in [3.05, 3.63) is 35.4 Å². The van der Waals surface area contributed by atoms with Crippen LogP contribution in [-0.2, 0) is 10.2 Å². The summed E-state index contributed by atoms with van der Waals surface area (Å²) in [6.07, 6.45) is 0.893. The Morgan fingerprint density at radius 1 is 1.11 bits per heavy atom. The standard InChI is InChI=1S/C23H36N2O2S/c1-15(2)12-20-25(19(14-28-20)21(26)24-13-16(3)4)22(27)17-8-10-18(11-9-17)23(5,6)7/h8-11,15-16,19-20H,12-14H2,1-7H3,(H,24,26). The highest BCUT2D eigenvalue weighted by atomic mass is 32.2. The zero-order valence-corrected chi connectivity index (χ0v) is 19.2. The number of benzene rings is 1. The van der Waals surface area contributed by atoms with E-state index in [0.717, 1.165) is 6.42 Å². The third-order valence-corrected chi connectivity index (χ3v) is 6.30. The Hall–Kier alpha value is -1.49. The monoisotopic (exact) mass is 404 g/mol. The molecule has 0 aliphatic carbocycles. The fourth-order valence-corrected chi connectivity index (χ4v) is 4.95. The van der Waals surface area contributed by atoms with Gasteiger partial charge in [-0.15, -0.1) is 11.8 Å².